The first-order chi connectivity index (χ1) is 13.0. The van der Waals surface area contributed by atoms with E-state index in [4.69, 9.17) is 9.15 Å². The van der Waals surface area contributed by atoms with Crippen molar-refractivity contribution >= 4 is 11.8 Å². The third-order valence-corrected chi connectivity index (χ3v) is 4.53. The monoisotopic (exact) mass is 370 g/mol. The number of rotatable bonds is 6. The van der Waals surface area contributed by atoms with Crippen LogP contribution in [0, 0.1) is 5.92 Å². The fourth-order valence-electron chi connectivity index (χ4n) is 3.04. The van der Waals surface area contributed by atoms with Gasteiger partial charge in [0.15, 0.2) is 5.76 Å². The Hall–Kier alpha value is -2.76. The van der Waals surface area contributed by atoms with Gasteiger partial charge in [-0.25, -0.2) is 0 Å². The van der Waals surface area contributed by atoms with Gasteiger partial charge in [-0.2, -0.15) is 0 Å². The molecule has 1 aromatic carbocycles. The van der Waals surface area contributed by atoms with Gasteiger partial charge in [0.25, 0.3) is 11.8 Å². The van der Waals surface area contributed by atoms with Crippen LogP contribution in [0.15, 0.2) is 47.1 Å². The smallest absolute Gasteiger partial charge is 0.289 e. The topological polar surface area (TPSA) is 71.8 Å². The van der Waals surface area contributed by atoms with Gasteiger partial charge in [-0.15, -0.1) is 0 Å². The Morgan fingerprint density at radius 3 is 2.67 bits per heavy atom. The third kappa shape index (κ3) is 5.12. The standard InChI is InChI=1S/C21H26N2O4/c1-15(2)14-27-18-6-3-5-16(13-18)20(24)22-17-8-10-23(11-9-17)21(25)19-7-4-12-26-19/h3-7,12-13,15,17H,8-11,14H2,1-2H3,(H,22,24). The van der Waals surface area contributed by atoms with Gasteiger partial charge in [-0.1, -0.05) is 19.9 Å². The zero-order chi connectivity index (χ0) is 19.2. The number of benzene rings is 1. The van der Waals surface area contributed by atoms with Crippen molar-refractivity contribution in [1.29, 1.82) is 0 Å². The average molecular weight is 370 g/mol. The first-order valence-electron chi connectivity index (χ1n) is 9.39. The molecule has 2 amide bonds. The van der Waals surface area contributed by atoms with Crippen molar-refractivity contribution in [2.45, 2.75) is 32.7 Å². The number of ether oxygens (including phenoxy) is 1. The SMILES string of the molecule is CC(C)COc1cccc(C(=O)NC2CCN(C(=O)c3ccco3)CC2)c1. The number of furan rings is 1. The van der Waals surface area contributed by atoms with Crippen LogP contribution in [0.5, 0.6) is 5.75 Å². The van der Waals surface area contributed by atoms with Crippen LogP contribution in [-0.2, 0) is 0 Å². The number of hydrogen-bond donors (Lipinski definition) is 1. The first-order valence-corrected chi connectivity index (χ1v) is 9.39. The van der Waals surface area contributed by atoms with Crippen molar-refractivity contribution in [2.75, 3.05) is 19.7 Å². The van der Waals surface area contributed by atoms with Crippen molar-refractivity contribution < 1.29 is 18.7 Å². The summed E-state index contributed by atoms with van der Waals surface area (Å²) < 4.78 is 10.9. The van der Waals surface area contributed by atoms with Crippen molar-refractivity contribution in [1.82, 2.24) is 10.2 Å². The number of likely N-dealkylation sites (tertiary alicyclic amines) is 1. The van der Waals surface area contributed by atoms with E-state index in [0.29, 0.717) is 42.7 Å². The highest BCUT2D eigenvalue weighted by atomic mass is 16.5. The predicted molar refractivity (Wildman–Crippen MR) is 102 cm³/mol. The quantitative estimate of drug-likeness (QED) is 0.846. The maximum atomic E-state index is 12.5. The summed E-state index contributed by atoms with van der Waals surface area (Å²) in [5.41, 5.74) is 0.588. The molecule has 144 valence electrons. The van der Waals surface area contributed by atoms with E-state index >= 15 is 0 Å². The minimum atomic E-state index is -0.110. The van der Waals surface area contributed by atoms with Gasteiger partial charge in [0, 0.05) is 24.7 Å². The minimum Gasteiger partial charge on any atom is -0.493 e. The van der Waals surface area contributed by atoms with Gasteiger partial charge in [0.05, 0.1) is 12.9 Å². The lowest BCUT2D eigenvalue weighted by atomic mass is 10.0. The van der Waals surface area contributed by atoms with E-state index in [0.717, 1.165) is 12.8 Å². The Kier molecular flexibility index (Phi) is 6.16. The molecular weight excluding hydrogens is 344 g/mol. The fourth-order valence-corrected chi connectivity index (χ4v) is 3.04. The highest BCUT2D eigenvalue weighted by Gasteiger charge is 2.26. The van der Waals surface area contributed by atoms with E-state index < -0.39 is 0 Å². The van der Waals surface area contributed by atoms with Crippen molar-refractivity contribution in [3.05, 3.63) is 54.0 Å². The molecule has 0 bridgehead atoms. The lowest BCUT2D eigenvalue weighted by Gasteiger charge is -2.31. The third-order valence-electron chi connectivity index (χ3n) is 4.53. The summed E-state index contributed by atoms with van der Waals surface area (Å²) in [5, 5.41) is 3.07. The Morgan fingerprint density at radius 2 is 2.00 bits per heavy atom. The number of piperidine rings is 1. The molecule has 1 N–H and O–H groups in total. The molecule has 1 aliphatic rings. The molecule has 1 aromatic heterocycles. The second-order valence-corrected chi connectivity index (χ2v) is 7.25. The molecule has 1 saturated heterocycles. The van der Waals surface area contributed by atoms with Gasteiger partial charge < -0.3 is 19.4 Å². The highest BCUT2D eigenvalue weighted by Crippen LogP contribution is 2.17. The average Bonchev–Trinajstić information content (AvgIpc) is 3.21. The summed E-state index contributed by atoms with van der Waals surface area (Å²) in [4.78, 5) is 26.6. The van der Waals surface area contributed by atoms with E-state index in [1.54, 1.807) is 29.2 Å². The highest BCUT2D eigenvalue weighted by molar-refractivity contribution is 5.95. The summed E-state index contributed by atoms with van der Waals surface area (Å²) in [7, 11) is 0. The molecule has 0 atom stereocenters. The molecule has 6 nitrogen and oxygen atoms in total. The van der Waals surface area contributed by atoms with Crippen LogP contribution >= 0.6 is 0 Å². The van der Waals surface area contributed by atoms with Crippen molar-refractivity contribution in [3.8, 4) is 5.75 Å². The van der Waals surface area contributed by atoms with Crippen LogP contribution in [0.25, 0.3) is 0 Å². The molecule has 1 aliphatic heterocycles. The number of hydrogen-bond acceptors (Lipinski definition) is 4. The summed E-state index contributed by atoms with van der Waals surface area (Å²) in [6.45, 7) is 5.98. The normalized spacial score (nSPS) is 15.0. The molecular formula is C21H26N2O4. The number of carbonyl (C=O) groups is 2. The van der Waals surface area contributed by atoms with Crippen LogP contribution in [0.2, 0.25) is 0 Å². The van der Waals surface area contributed by atoms with Crippen LogP contribution in [0.1, 0.15) is 47.6 Å². The van der Waals surface area contributed by atoms with Gasteiger partial charge in [-0.05, 0) is 49.1 Å². The summed E-state index contributed by atoms with van der Waals surface area (Å²) >= 11 is 0. The predicted octanol–water partition coefficient (Wildman–Crippen LogP) is 3.35. The molecule has 2 aromatic rings. The second kappa shape index (κ2) is 8.75. The van der Waals surface area contributed by atoms with Gasteiger partial charge >= 0.3 is 0 Å². The maximum absolute atomic E-state index is 12.5. The number of nitrogens with zero attached hydrogens (tertiary/aromatic N) is 1. The zero-order valence-electron chi connectivity index (χ0n) is 15.8. The van der Waals surface area contributed by atoms with Crippen LogP contribution in [-0.4, -0.2) is 42.5 Å². The molecule has 2 heterocycles. The minimum absolute atomic E-state index is 0.0541. The maximum Gasteiger partial charge on any atom is 0.289 e. The van der Waals surface area contributed by atoms with Gasteiger partial charge in [0.1, 0.15) is 5.75 Å². The van der Waals surface area contributed by atoms with E-state index in [2.05, 4.69) is 19.2 Å². The Labute approximate surface area is 159 Å². The molecule has 0 spiro atoms. The molecule has 6 heteroatoms. The molecule has 3 rings (SSSR count). The van der Waals surface area contributed by atoms with E-state index in [1.807, 2.05) is 12.1 Å². The number of amides is 2. The Bertz CT molecular complexity index is 762. The number of carbonyl (C=O) groups excluding carboxylic acids is 2. The molecule has 0 unspecified atom stereocenters. The van der Waals surface area contributed by atoms with E-state index in [-0.39, 0.29) is 17.9 Å². The first kappa shape index (κ1) is 19.0. The zero-order valence-corrected chi connectivity index (χ0v) is 15.8. The van der Waals surface area contributed by atoms with Crippen molar-refractivity contribution in [3.63, 3.8) is 0 Å². The fraction of sp³-hybridized carbons (Fsp3) is 0.429. The lowest BCUT2D eigenvalue weighted by molar-refractivity contribution is 0.0667. The van der Waals surface area contributed by atoms with Crippen molar-refractivity contribution in [2.24, 2.45) is 5.92 Å². The molecule has 0 aliphatic carbocycles. The van der Waals surface area contributed by atoms with Crippen LogP contribution < -0.4 is 10.1 Å². The summed E-state index contributed by atoms with van der Waals surface area (Å²) in [5.74, 6) is 1.28. The Morgan fingerprint density at radius 1 is 1.22 bits per heavy atom. The van der Waals surface area contributed by atoms with E-state index in [1.165, 1.54) is 6.26 Å². The largest absolute Gasteiger partial charge is 0.493 e. The van der Waals surface area contributed by atoms with E-state index in [9.17, 15) is 9.59 Å². The summed E-state index contributed by atoms with van der Waals surface area (Å²) in [6, 6.07) is 10.7. The Balaban J connectivity index is 1.51. The molecule has 0 radical (unpaired) electrons. The van der Waals surface area contributed by atoms with Crippen LogP contribution in [0.3, 0.4) is 0 Å². The second-order valence-electron chi connectivity index (χ2n) is 7.25. The molecule has 27 heavy (non-hydrogen) atoms. The summed E-state index contributed by atoms with van der Waals surface area (Å²) in [6.07, 6.45) is 2.95. The lowest BCUT2D eigenvalue weighted by Crippen LogP contribution is -2.46. The molecule has 1 fully saturated rings. The van der Waals surface area contributed by atoms with Gasteiger partial charge in [-0.3, -0.25) is 9.59 Å². The van der Waals surface area contributed by atoms with Crippen LogP contribution in [0.4, 0.5) is 0 Å². The number of nitrogens with one attached hydrogen (secondary N) is 1. The molecule has 0 saturated carbocycles. The van der Waals surface area contributed by atoms with Gasteiger partial charge in [0.2, 0.25) is 0 Å².